The quantitative estimate of drug-likeness (QED) is 0.485. The highest BCUT2D eigenvalue weighted by Crippen LogP contribution is 2.25. The molecule has 0 spiro atoms. The van der Waals surface area contributed by atoms with Crippen molar-refractivity contribution in [1.82, 2.24) is 25.0 Å². The monoisotopic (exact) mass is 538 g/mol. The molecule has 38 heavy (non-hydrogen) atoms. The summed E-state index contributed by atoms with van der Waals surface area (Å²) >= 11 is 1.48. The van der Waals surface area contributed by atoms with Crippen molar-refractivity contribution in [2.75, 3.05) is 39.8 Å². The zero-order valence-corrected chi connectivity index (χ0v) is 22.1. The second-order valence-corrected chi connectivity index (χ2v) is 10.5. The first-order valence-corrected chi connectivity index (χ1v) is 13.3. The molecule has 3 aliphatic rings. The summed E-state index contributed by atoms with van der Waals surface area (Å²) in [6, 6.07) is 7.05. The Kier molecular flexibility index (Phi) is 7.43. The van der Waals surface area contributed by atoms with Crippen molar-refractivity contribution in [1.29, 1.82) is 0 Å². The summed E-state index contributed by atoms with van der Waals surface area (Å²) in [5.74, 6) is -0.629. The summed E-state index contributed by atoms with van der Waals surface area (Å²) in [5, 5.41) is 14.9. The molecular weight excluding hydrogens is 508 g/mol. The molecule has 12 heteroatoms. The van der Waals surface area contributed by atoms with Crippen LogP contribution in [0.25, 0.3) is 0 Å². The van der Waals surface area contributed by atoms with E-state index in [1.54, 1.807) is 18.3 Å². The van der Waals surface area contributed by atoms with Gasteiger partial charge in [-0.1, -0.05) is 24.3 Å². The number of aliphatic imine (C=N–C) groups is 1. The van der Waals surface area contributed by atoms with Crippen LogP contribution in [0.2, 0.25) is 0 Å². The van der Waals surface area contributed by atoms with Gasteiger partial charge in [-0.3, -0.25) is 14.7 Å². The normalized spacial score (nSPS) is 21.7. The lowest BCUT2D eigenvalue weighted by atomic mass is 10.0. The SMILES string of the molecule is COC(=O)C1=C(CN2CCN3C(=O)N(Cc4ccc(CC(=O)O)cc4)C[C@@H]3C2)NC(c2nccs2)=N[C@H]1C. The average molecular weight is 539 g/mol. The van der Waals surface area contributed by atoms with Crippen LogP contribution in [0.5, 0.6) is 0 Å². The van der Waals surface area contributed by atoms with Gasteiger partial charge >= 0.3 is 18.0 Å². The number of thiazole rings is 1. The van der Waals surface area contributed by atoms with E-state index in [9.17, 15) is 14.4 Å². The molecule has 0 aliphatic carbocycles. The maximum Gasteiger partial charge on any atom is 0.337 e. The molecule has 0 unspecified atom stereocenters. The smallest absolute Gasteiger partial charge is 0.337 e. The number of urea groups is 1. The van der Waals surface area contributed by atoms with Gasteiger partial charge in [-0.2, -0.15) is 0 Å². The van der Waals surface area contributed by atoms with Crippen LogP contribution >= 0.6 is 11.3 Å². The van der Waals surface area contributed by atoms with Crippen molar-refractivity contribution in [3.8, 4) is 0 Å². The van der Waals surface area contributed by atoms with Crippen molar-refractivity contribution in [3.63, 3.8) is 0 Å². The topological polar surface area (TPSA) is 128 Å². The van der Waals surface area contributed by atoms with Gasteiger partial charge in [0.05, 0.1) is 31.2 Å². The van der Waals surface area contributed by atoms with Crippen molar-refractivity contribution >= 4 is 35.1 Å². The van der Waals surface area contributed by atoms with Crippen molar-refractivity contribution in [2.24, 2.45) is 4.99 Å². The number of ether oxygens (including phenoxy) is 1. The number of benzene rings is 1. The van der Waals surface area contributed by atoms with E-state index >= 15 is 0 Å². The molecule has 1 aromatic carbocycles. The number of fused-ring (bicyclic) bond motifs is 1. The molecule has 2 saturated heterocycles. The Balaban J connectivity index is 1.25. The standard InChI is InChI=1S/C26H30N6O5S/c1-16-22(25(35)37-2)20(29-23(28-16)24-27-7-10-38-24)15-30-8-9-32-19(13-30)14-31(26(32)36)12-18-5-3-17(4-6-18)11-21(33)34/h3-7,10,16,19H,8-9,11-15H2,1-2H3,(H,28,29)(H,33,34)/t16-,19-/m0/s1. The van der Waals surface area contributed by atoms with Crippen LogP contribution in [-0.4, -0.2) is 101 Å². The number of aliphatic carboxylic acids is 1. The van der Waals surface area contributed by atoms with E-state index in [-0.39, 0.29) is 24.5 Å². The molecule has 2 fully saturated rings. The molecular formula is C26H30N6O5S. The van der Waals surface area contributed by atoms with Gasteiger partial charge in [0.15, 0.2) is 10.8 Å². The highest BCUT2D eigenvalue weighted by Gasteiger charge is 2.41. The highest BCUT2D eigenvalue weighted by atomic mass is 32.1. The lowest BCUT2D eigenvalue weighted by molar-refractivity contribution is -0.137. The van der Waals surface area contributed by atoms with Gasteiger partial charge < -0.3 is 25.0 Å². The van der Waals surface area contributed by atoms with Gasteiger partial charge in [0.25, 0.3) is 0 Å². The molecule has 0 radical (unpaired) electrons. The van der Waals surface area contributed by atoms with Crippen LogP contribution in [-0.2, 0) is 27.3 Å². The number of hydrogen-bond donors (Lipinski definition) is 2. The molecule has 3 aliphatic heterocycles. The number of nitrogens with zero attached hydrogens (tertiary/aromatic N) is 5. The maximum atomic E-state index is 13.1. The van der Waals surface area contributed by atoms with Crippen molar-refractivity contribution in [2.45, 2.75) is 32.0 Å². The number of carbonyl (C=O) groups excluding carboxylic acids is 2. The third-order valence-electron chi connectivity index (χ3n) is 7.02. The minimum Gasteiger partial charge on any atom is -0.481 e. The van der Waals surface area contributed by atoms with Crippen LogP contribution in [0.3, 0.4) is 0 Å². The van der Waals surface area contributed by atoms with Crippen LogP contribution in [0.4, 0.5) is 4.79 Å². The number of nitrogens with one attached hydrogen (secondary N) is 1. The molecule has 2 aromatic rings. The minimum absolute atomic E-state index is 0.0151. The van der Waals surface area contributed by atoms with E-state index in [2.05, 4.69) is 20.2 Å². The summed E-state index contributed by atoms with van der Waals surface area (Å²) < 4.78 is 5.06. The number of carboxylic acids is 1. The summed E-state index contributed by atoms with van der Waals surface area (Å²) in [6.45, 7) is 5.41. The Morgan fingerprint density at radius 2 is 1.92 bits per heavy atom. The number of rotatable bonds is 8. The maximum absolute atomic E-state index is 13.1. The summed E-state index contributed by atoms with van der Waals surface area (Å²) in [5.41, 5.74) is 2.95. The van der Waals surface area contributed by atoms with Crippen LogP contribution < -0.4 is 5.32 Å². The zero-order chi connectivity index (χ0) is 26.8. The second-order valence-electron chi connectivity index (χ2n) is 9.63. The fraction of sp³-hybridized carbons (Fsp3) is 0.423. The summed E-state index contributed by atoms with van der Waals surface area (Å²) in [4.78, 5) is 51.7. The van der Waals surface area contributed by atoms with Crippen molar-refractivity contribution in [3.05, 3.63) is 63.2 Å². The zero-order valence-electron chi connectivity index (χ0n) is 21.3. The Labute approximate surface area is 224 Å². The number of piperazine rings is 1. The molecule has 2 amide bonds. The minimum atomic E-state index is -0.868. The first-order valence-electron chi connectivity index (χ1n) is 12.5. The number of carbonyl (C=O) groups is 3. The fourth-order valence-corrected chi connectivity index (χ4v) is 5.82. The molecule has 0 saturated carbocycles. The predicted molar refractivity (Wildman–Crippen MR) is 141 cm³/mol. The third-order valence-corrected chi connectivity index (χ3v) is 7.80. The lowest BCUT2D eigenvalue weighted by Crippen LogP contribution is -2.53. The number of esters is 1. The van der Waals surface area contributed by atoms with E-state index in [1.165, 1.54) is 18.4 Å². The van der Waals surface area contributed by atoms with E-state index in [4.69, 9.17) is 9.84 Å². The average Bonchev–Trinajstić information content (AvgIpc) is 3.53. The molecule has 2 atom stereocenters. The molecule has 2 N–H and O–H groups in total. The van der Waals surface area contributed by atoms with Gasteiger partial charge in [0, 0.05) is 56.5 Å². The van der Waals surface area contributed by atoms with E-state index < -0.39 is 11.9 Å². The van der Waals surface area contributed by atoms with Gasteiger partial charge in [-0.25, -0.2) is 14.6 Å². The summed E-state index contributed by atoms with van der Waals surface area (Å²) in [7, 11) is 1.37. The lowest BCUT2D eigenvalue weighted by Gasteiger charge is -2.37. The predicted octanol–water partition coefficient (Wildman–Crippen LogP) is 1.56. The van der Waals surface area contributed by atoms with Crippen LogP contribution in [0.15, 0.2) is 52.1 Å². The van der Waals surface area contributed by atoms with Gasteiger partial charge in [-0.05, 0) is 18.1 Å². The van der Waals surface area contributed by atoms with E-state index in [0.717, 1.165) is 21.8 Å². The largest absolute Gasteiger partial charge is 0.481 e. The number of carboxylic acid groups (broad SMARTS) is 1. The Morgan fingerprint density at radius 1 is 1.16 bits per heavy atom. The number of hydrogen-bond acceptors (Lipinski definition) is 9. The molecule has 4 heterocycles. The van der Waals surface area contributed by atoms with Gasteiger partial charge in [0.1, 0.15) is 0 Å². The third kappa shape index (κ3) is 5.41. The molecule has 200 valence electrons. The number of aromatic nitrogens is 1. The van der Waals surface area contributed by atoms with Gasteiger partial charge in [-0.15, -0.1) is 11.3 Å². The van der Waals surface area contributed by atoms with Crippen LogP contribution in [0, 0.1) is 0 Å². The molecule has 5 rings (SSSR count). The molecule has 1 aromatic heterocycles. The Hall–Kier alpha value is -3.77. The van der Waals surface area contributed by atoms with Gasteiger partial charge in [0.2, 0.25) is 0 Å². The Bertz CT molecular complexity index is 1280. The molecule has 11 nitrogen and oxygen atoms in total. The Morgan fingerprint density at radius 3 is 2.61 bits per heavy atom. The van der Waals surface area contributed by atoms with E-state index in [0.29, 0.717) is 50.7 Å². The number of amidine groups is 1. The number of methoxy groups -OCH3 is 1. The highest BCUT2D eigenvalue weighted by molar-refractivity contribution is 7.11. The number of amides is 2. The summed E-state index contributed by atoms with van der Waals surface area (Å²) in [6.07, 6.45) is 1.70. The van der Waals surface area contributed by atoms with E-state index in [1.807, 2.05) is 34.2 Å². The second kappa shape index (κ2) is 10.9. The fourth-order valence-electron chi connectivity index (χ4n) is 5.23. The molecule has 0 bridgehead atoms. The van der Waals surface area contributed by atoms with Crippen LogP contribution in [0.1, 0.15) is 23.1 Å². The first kappa shape index (κ1) is 25.9. The van der Waals surface area contributed by atoms with Crippen molar-refractivity contribution < 1.29 is 24.2 Å². The first-order chi connectivity index (χ1) is 18.3.